The fourth-order valence-electron chi connectivity index (χ4n) is 5.20. The maximum atomic E-state index is 12.6. The molecule has 1 fully saturated rings. The Morgan fingerprint density at radius 1 is 0.952 bits per heavy atom. The van der Waals surface area contributed by atoms with Crippen molar-refractivity contribution in [3.63, 3.8) is 0 Å². The van der Waals surface area contributed by atoms with E-state index in [-0.39, 0.29) is 12.4 Å². The Balaban J connectivity index is 0.000000892. The number of rotatable bonds is 9. The van der Waals surface area contributed by atoms with E-state index < -0.39 is 5.60 Å². The van der Waals surface area contributed by atoms with Gasteiger partial charge in [-0.25, -0.2) is 0 Å². The molecule has 2 N–H and O–H groups in total. The van der Waals surface area contributed by atoms with Crippen LogP contribution in [0, 0.1) is 19.3 Å². The molecule has 0 saturated carbocycles. The summed E-state index contributed by atoms with van der Waals surface area (Å²) in [6.07, 6.45) is 2.49. The summed E-state index contributed by atoms with van der Waals surface area (Å²) in [4.78, 5) is 20.0. The molecule has 2 aromatic carbocycles. The molecule has 6 nitrogen and oxygen atoms in total. The van der Waals surface area contributed by atoms with E-state index in [2.05, 4.69) is 79.5 Å². The summed E-state index contributed by atoms with van der Waals surface area (Å²) >= 11 is 0. The predicted octanol–water partition coefficient (Wildman–Crippen LogP) is 7.16. The van der Waals surface area contributed by atoms with Gasteiger partial charge in [-0.05, 0) is 76.5 Å². The Bertz CT molecular complexity index is 1280. The number of nitrogens with one attached hydrogen (secondary N) is 1. The van der Waals surface area contributed by atoms with E-state index in [1.54, 1.807) is 20.8 Å². The van der Waals surface area contributed by atoms with Crippen LogP contribution in [0.25, 0.3) is 11.1 Å². The fourth-order valence-corrected chi connectivity index (χ4v) is 5.20. The Kier molecular flexibility index (Phi) is 11.7. The summed E-state index contributed by atoms with van der Waals surface area (Å²) in [7, 11) is 0. The van der Waals surface area contributed by atoms with Crippen LogP contribution in [0.4, 0.5) is 5.69 Å². The Morgan fingerprint density at radius 2 is 1.50 bits per heavy atom. The van der Waals surface area contributed by atoms with Crippen molar-refractivity contribution >= 4 is 11.7 Å². The number of ether oxygens (including phenoxy) is 1. The number of carbonyl (C=O) groups excluding carboxylic acids is 1. The number of hydrogen-bond acceptors (Lipinski definition) is 6. The van der Waals surface area contributed by atoms with Crippen LogP contribution in [0.2, 0.25) is 0 Å². The molecule has 0 unspecified atom stereocenters. The minimum absolute atomic E-state index is 0.194. The number of piperidine rings is 1. The monoisotopic (exact) mass is 573 g/mol. The van der Waals surface area contributed by atoms with Crippen molar-refractivity contribution in [2.75, 3.05) is 24.6 Å². The molecule has 3 aromatic rings. The Labute approximate surface area is 253 Å². The first-order valence-electron chi connectivity index (χ1n) is 15.2. The summed E-state index contributed by atoms with van der Waals surface area (Å²) < 4.78 is 5.35. The van der Waals surface area contributed by atoms with Gasteiger partial charge in [0.2, 0.25) is 0 Å². The first-order chi connectivity index (χ1) is 19.8. The maximum Gasteiger partial charge on any atom is 0.310 e. The minimum Gasteiger partial charge on any atom is -0.466 e. The number of aliphatic hydroxyl groups is 1. The SMILES string of the molecule is CC(C)(C)O.CCOC(=O)Cc1c(C)nc(C)c(-c2ccc(CNCc3ccccc3)cc2)c1N1CCC(C)(C)CC1. The van der Waals surface area contributed by atoms with E-state index in [4.69, 9.17) is 14.8 Å². The van der Waals surface area contributed by atoms with E-state index >= 15 is 0 Å². The predicted molar refractivity (Wildman–Crippen MR) is 174 cm³/mol. The minimum atomic E-state index is -0.500. The van der Waals surface area contributed by atoms with Gasteiger partial charge in [0, 0.05) is 48.7 Å². The first-order valence-corrected chi connectivity index (χ1v) is 15.2. The zero-order valence-corrected chi connectivity index (χ0v) is 27.0. The van der Waals surface area contributed by atoms with E-state index in [9.17, 15) is 4.79 Å². The maximum absolute atomic E-state index is 12.6. The average molecular weight is 574 g/mol. The highest BCUT2D eigenvalue weighted by atomic mass is 16.5. The van der Waals surface area contributed by atoms with Crippen molar-refractivity contribution in [2.45, 2.75) is 93.3 Å². The van der Waals surface area contributed by atoms with Crippen LogP contribution in [0.1, 0.15) is 82.5 Å². The molecule has 1 aromatic heterocycles. The lowest BCUT2D eigenvalue weighted by Gasteiger charge is -2.40. The van der Waals surface area contributed by atoms with Gasteiger partial charge in [0.25, 0.3) is 0 Å². The molecule has 0 bridgehead atoms. The van der Waals surface area contributed by atoms with Gasteiger partial charge in [0.05, 0.1) is 24.3 Å². The number of carbonyl (C=O) groups is 1. The third-order valence-electron chi connectivity index (χ3n) is 7.46. The number of anilines is 1. The normalized spacial score (nSPS) is 14.6. The molecule has 1 saturated heterocycles. The summed E-state index contributed by atoms with van der Waals surface area (Å²) in [6, 6.07) is 19.3. The van der Waals surface area contributed by atoms with Crippen molar-refractivity contribution in [1.29, 1.82) is 0 Å². The summed E-state index contributed by atoms with van der Waals surface area (Å²) in [6.45, 7) is 19.9. The van der Waals surface area contributed by atoms with E-state index in [1.165, 1.54) is 11.1 Å². The number of benzene rings is 2. The van der Waals surface area contributed by atoms with E-state index in [1.807, 2.05) is 19.9 Å². The molecule has 0 aliphatic carbocycles. The number of nitrogens with zero attached hydrogens (tertiary/aromatic N) is 2. The smallest absolute Gasteiger partial charge is 0.310 e. The quantitative estimate of drug-likeness (QED) is 0.265. The number of aromatic nitrogens is 1. The second-order valence-electron chi connectivity index (χ2n) is 13.1. The molecule has 0 spiro atoms. The number of aryl methyl sites for hydroxylation is 2. The van der Waals surface area contributed by atoms with Crippen LogP contribution in [0.5, 0.6) is 0 Å². The molecule has 0 atom stereocenters. The second-order valence-corrected chi connectivity index (χ2v) is 13.1. The molecular weight excluding hydrogens is 522 g/mol. The van der Waals surface area contributed by atoms with Crippen molar-refractivity contribution in [3.8, 4) is 11.1 Å². The van der Waals surface area contributed by atoms with Gasteiger partial charge >= 0.3 is 5.97 Å². The van der Waals surface area contributed by atoms with Crippen LogP contribution in [-0.2, 0) is 29.0 Å². The third-order valence-corrected chi connectivity index (χ3v) is 7.46. The van der Waals surface area contributed by atoms with Gasteiger partial charge in [0.1, 0.15) is 0 Å². The van der Waals surface area contributed by atoms with Crippen LogP contribution >= 0.6 is 0 Å². The largest absolute Gasteiger partial charge is 0.466 e. The molecule has 4 rings (SSSR count). The molecule has 1 aliphatic rings. The highest BCUT2D eigenvalue weighted by Gasteiger charge is 2.30. The Morgan fingerprint density at radius 3 is 2.05 bits per heavy atom. The molecule has 0 radical (unpaired) electrons. The highest BCUT2D eigenvalue weighted by Crippen LogP contribution is 2.41. The molecule has 2 heterocycles. The van der Waals surface area contributed by atoms with Crippen LogP contribution < -0.4 is 10.2 Å². The van der Waals surface area contributed by atoms with Crippen molar-refractivity contribution < 1.29 is 14.6 Å². The first kappa shape index (κ1) is 33.3. The zero-order valence-electron chi connectivity index (χ0n) is 27.0. The molecule has 6 heteroatoms. The van der Waals surface area contributed by atoms with Crippen LogP contribution in [0.3, 0.4) is 0 Å². The van der Waals surface area contributed by atoms with Crippen molar-refractivity contribution in [3.05, 3.63) is 82.7 Å². The lowest BCUT2D eigenvalue weighted by molar-refractivity contribution is -0.142. The number of esters is 1. The molecular formula is C36H51N3O3. The summed E-state index contributed by atoms with van der Waals surface area (Å²) in [5.41, 5.74) is 8.69. The molecule has 1 aliphatic heterocycles. The van der Waals surface area contributed by atoms with Crippen molar-refractivity contribution in [2.24, 2.45) is 5.41 Å². The summed E-state index contributed by atoms with van der Waals surface area (Å²) in [5, 5.41) is 12.1. The fraction of sp³-hybridized carbons (Fsp3) is 0.500. The lowest BCUT2D eigenvalue weighted by atomic mass is 9.82. The van der Waals surface area contributed by atoms with Gasteiger partial charge in [-0.15, -0.1) is 0 Å². The van der Waals surface area contributed by atoms with Gasteiger partial charge < -0.3 is 20.1 Å². The zero-order chi connectivity index (χ0) is 30.9. The second kappa shape index (κ2) is 14.8. The molecule has 228 valence electrons. The van der Waals surface area contributed by atoms with Crippen LogP contribution in [-0.4, -0.2) is 41.4 Å². The topological polar surface area (TPSA) is 74.7 Å². The van der Waals surface area contributed by atoms with Crippen molar-refractivity contribution in [1.82, 2.24) is 10.3 Å². The average Bonchev–Trinajstić information content (AvgIpc) is 2.91. The number of hydrogen-bond donors (Lipinski definition) is 2. The van der Waals surface area contributed by atoms with Crippen LogP contribution in [0.15, 0.2) is 54.6 Å². The molecule has 0 amide bonds. The van der Waals surface area contributed by atoms with E-state index in [0.717, 1.165) is 72.8 Å². The Hall–Kier alpha value is -3.22. The highest BCUT2D eigenvalue weighted by molar-refractivity contribution is 5.86. The third kappa shape index (κ3) is 10.2. The van der Waals surface area contributed by atoms with Gasteiger partial charge in [-0.1, -0.05) is 68.4 Å². The number of pyridine rings is 1. The van der Waals surface area contributed by atoms with E-state index in [0.29, 0.717) is 12.0 Å². The standard InChI is InChI=1S/C32H41N3O2.C4H10O/c1-6-37-29(36)20-28-23(2)34-24(3)30(31(28)35-18-16-32(4,5)17-19-35)27-14-12-26(13-15-27)22-33-21-25-10-8-7-9-11-25;1-4(2,3)5/h7-15,33H,6,16-22H2,1-5H3;5H,1-3H3. The lowest BCUT2D eigenvalue weighted by Crippen LogP contribution is -2.38. The van der Waals surface area contributed by atoms with Gasteiger partial charge in [-0.2, -0.15) is 0 Å². The summed E-state index contributed by atoms with van der Waals surface area (Å²) in [5.74, 6) is -0.194. The molecule has 42 heavy (non-hydrogen) atoms. The van der Waals surface area contributed by atoms with Gasteiger partial charge in [-0.3, -0.25) is 9.78 Å². The van der Waals surface area contributed by atoms with Gasteiger partial charge in [0.15, 0.2) is 0 Å².